The van der Waals surface area contributed by atoms with Crippen LogP contribution < -0.4 is 5.32 Å². The fourth-order valence-electron chi connectivity index (χ4n) is 5.59. The average Bonchev–Trinajstić information content (AvgIpc) is 3.25. The highest BCUT2D eigenvalue weighted by atomic mass is 16.1. The molecule has 1 aromatic heterocycles. The van der Waals surface area contributed by atoms with Gasteiger partial charge in [-0.2, -0.15) is 5.10 Å². The lowest BCUT2D eigenvalue weighted by atomic mass is 9.78. The third-order valence-electron chi connectivity index (χ3n) is 7.30. The van der Waals surface area contributed by atoms with E-state index >= 15 is 0 Å². The van der Waals surface area contributed by atoms with Gasteiger partial charge in [0, 0.05) is 12.5 Å². The van der Waals surface area contributed by atoms with Gasteiger partial charge in [-0.25, -0.2) is 4.68 Å². The molecule has 0 radical (unpaired) electrons. The summed E-state index contributed by atoms with van der Waals surface area (Å²) < 4.78 is 2.04. The van der Waals surface area contributed by atoms with E-state index in [1.54, 1.807) is 6.20 Å². The number of nitrogens with zero attached hydrogens (tertiary/aromatic N) is 2. The van der Waals surface area contributed by atoms with E-state index in [2.05, 4.69) is 48.5 Å². The SMILES string of the molecule is CC1(C)CC(C2CCCCC2)Nc2c(C(=O)Cc3cccc(-c4ccccc4)c3)cnn21. The molecule has 1 N–H and O–H groups in total. The summed E-state index contributed by atoms with van der Waals surface area (Å²) in [7, 11) is 0. The smallest absolute Gasteiger partial charge is 0.172 e. The molecule has 1 unspecified atom stereocenters. The van der Waals surface area contributed by atoms with Gasteiger partial charge < -0.3 is 5.32 Å². The number of benzene rings is 2. The standard InChI is InChI=1S/C28H33N3O/c1-28(2)18-25(22-13-7-4-8-14-22)30-27-24(19-29-31(27)28)26(32)17-20-10-9-15-23(16-20)21-11-5-3-6-12-21/h3,5-6,9-12,15-16,19,22,25,30H,4,7-8,13-14,17-18H2,1-2H3. The summed E-state index contributed by atoms with van der Waals surface area (Å²) in [5.41, 5.74) is 3.99. The first-order valence-electron chi connectivity index (χ1n) is 12.0. The molecule has 4 nitrogen and oxygen atoms in total. The van der Waals surface area contributed by atoms with Crippen LogP contribution in [0, 0.1) is 5.92 Å². The number of rotatable bonds is 5. The molecule has 0 saturated heterocycles. The third kappa shape index (κ3) is 4.11. The molecule has 2 aliphatic rings. The fraction of sp³-hybridized carbons (Fsp3) is 0.429. The molecule has 4 heteroatoms. The monoisotopic (exact) mass is 427 g/mol. The van der Waals surface area contributed by atoms with Crippen molar-refractivity contribution in [1.82, 2.24) is 9.78 Å². The zero-order valence-corrected chi connectivity index (χ0v) is 19.2. The first-order valence-corrected chi connectivity index (χ1v) is 12.0. The van der Waals surface area contributed by atoms with Crippen molar-refractivity contribution < 1.29 is 4.79 Å². The number of hydrogen-bond donors (Lipinski definition) is 1. The number of carbonyl (C=O) groups excluding carboxylic acids is 1. The van der Waals surface area contributed by atoms with Crippen LogP contribution in [0.15, 0.2) is 60.8 Å². The van der Waals surface area contributed by atoms with Gasteiger partial charge in [-0.3, -0.25) is 4.79 Å². The Morgan fingerprint density at radius 3 is 2.56 bits per heavy atom. The number of anilines is 1. The minimum absolute atomic E-state index is 0.0888. The van der Waals surface area contributed by atoms with Crippen LogP contribution in [0.1, 0.15) is 68.3 Å². The van der Waals surface area contributed by atoms with Gasteiger partial charge >= 0.3 is 0 Å². The van der Waals surface area contributed by atoms with Gasteiger partial charge in [0.1, 0.15) is 5.82 Å². The summed E-state index contributed by atoms with van der Waals surface area (Å²) in [6, 6.07) is 19.1. The lowest BCUT2D eigenvalue weighted by Crippen LogP contribution is -2.45. The maximum atomic E-state index is 13.4. The van der Waals surface area contributed by atoms with Crippen LogP contribution in [0.2, 0.25) is 0 Å². The number of hydrogen-bond acceptors (Lipinski definition) is 3. The Balaban J connectivity index is 1.39. The number of aromatic nitrogens is 2. The van der Waals surface area contributed by atoms with Gasteiger partial charge in [0.05, 0.1) is 17.3 Å². The molecular weight excluding hydrogens is 394 g/mol. The van der Waals surface area contributed by atoms with Gasteiger partial charge in [-0.05, 0) is 55.7 Å². The molecule has 1 saturated carbocycles. The van der Waals surface area contributed by atoms with Gasteiger partial charge in [0.2, 0.25) is 0 Å². The predicted octanol–water partition coefficient (Wildman–Crippen LogP) is 6.48. The predicted molar refractivity (Wildman–Crippen MR) is 130 cm³/mol. The molecule has 0 amide bonds. The molecule has 5 rings (SSSR count). The number of carbonyl (C=O) groups is 1. The molecule has 0 spiro atoms. The van der Waals surface area contributed by atoms with Crippen LogP contribution in [0.3, 0.4) is 0 Å². The molecule has 1 atom stereocenters. The highest BCUT2D eigenvalue weighted by Crippen LogP contribution is 2.40. The lowest BCUT2D eigenvalue weighted by Gasteiger charge is -2.42. The second kappa shape index (κ2) is 8.57. The second-order valence-electron chi connectivity index (χ2n) is 10.2. The summed E-state index contributed by atoms with van der Waals surface area (Å²) in [5.74, 6) is 1.74. The van der Waals surface area contributed by atoms with Gasteiger partial charge in [-0.1, -0.05) is 73.9 Å². The van der Waals surface area contributed by atoms with Crippen LogP contribution in [0.5, 0.6) is 0 Å². The van der Waals surface area contributed by atoms with Gasteiger partial charge in [0.25, 0.3) is 0 Å². The first kappa shape index (κ1) is 21.0. The number of ketones is 1. The zero-order chi connectivity index (χ0) is 22.1. The molecular formula is C28H33N3O. The van der Waals surface area contributed by atoms with Crippen molar-refractivity contribution in [2.45, 2.75) is 70.4 Å². The molecule has 1 aliphatic carbocycles. The Kier molecular flexibility index (Phi) is 5.62. The van der Waals surface area contributed by atoms with Crippen molar-refractivity contribution in [3.05, 3.63) is 71.9 Å². The zero-order valence-electron chi connectivity index (χ0n) is 19.2. The minimum Gasteiger partial charge on any atom is -0.367 e. The Bertz CT molecular complexity index is 1090. The van der Waals surface area contributed by atoms with E-state index in [0.717, 1.165) is 28.9 Å². The average molecular weight is 428 g/mol. The van der Waals surface area contributed by atoms with Crippen LogP contribution in [0.25, 0.3) is 11.1 Å². The Morgan fingerprint density at radius 1 is 1.03 bits per heavy atom. The summed E-state index contributed by atoms with van der Waals surface area (Å²) in [4.78, 5) is 13.4. The first-order chi connectivity index (χ1) is 15.5. The van der Waals surface area contributed by atoms with E-state index < -0.39 is 0 Å². The van der Waals surface area contributed by atoms with Gasteiger partial charge in [-0.15, -0.1) is 0 Å². The van der Waals surface area contributed by atoms with Crippen molar-refractivity contribution in [3.8, 4) is 11.1 Å². The largest absolute Gasteiger partial charge is 0.367 e. The highest BCUT2D eigenvalue weighted by molar-refractivity contribution is 6.01. The second-order valence-corrected chi connectivity index (χ2v) is 10.2. The van der Waals surface area contributed by atoms with E-state index in [-0.39, 0.29) is 11.3 Å². The highest BCUT2D eigenvalue weighted by Gasteiger charge is 2.39. The van der Waals surface area contributed by atoms with Crippen LogP contribution in [-0.4, -0.2) is 21.6 Å². The maximum absolute atomic E-state index is 13.4. The topological polar surface area (TPSA) is 46.9 Å². The summed E-state index contributed by atoms with van der Waals surface area (Å²) in [6.45, 7) is 4.50. The van der Waals surface area contributed by atoms with Crippen LogP contribution >= 0.6 is 0 Å². The molecule has 1 fully saturated rings. The molecule has 0 bridgehead atoms. The van der Waals surface area contributed by atoms with Gasteiger partial charge in [0.15, 0.2) is 5.78 Å². The Morgan fingerprint density at radius 2 is 1.78 bits per heavy atom. The number of fused-ring (bicyclic) bond motifs is 1. The Hall–Kier alpha value is -2.88. The van der Waals surface area contributed by atoms with Crippen LogP contribution in [0.4, 0.5) is 5.82 Å². The molecule has 2 heterocycles. The van der Waals surface area contributed by atoms with Crippen molar-refractivity contribution in [2.75, 3.05) is 5.32 Å². The summed E-state index contributed by atoms with van der Waals surface area (Å²) >= 11 is 0. The molecule has 166 valence electrons. The van der Waals surface area contributed by atoms with E-state index in [9.17, 15) is 4.79 Å². The summed E-state index contributed by atoms with van der Waals surface area (Å²) in [6.07, 6.45) is 9.80. The molecule has 32 heavy (non-hydrogen) atoms. The normalized spacial score (nSPS) is 20.4. The van der Waals surface area contributed by atoms with E-state index in [1.165, 1.54) is 37.7 Å². The minimum atomic E-state index is -0.0888. The maximum Gasteiger partial charge on any atom is 0.172 e. The Labute approximate surface area is 191 Å². The van der Waals surface area contributed by atoms with E-state index in [0.29, 0.717) is 18.4 Å². The molecule has 2 aromatic carbocycles. The van der Waals surface area contributed by atoms with Crippen LogP contribution in [-0.2, 0) is 12.0 Å². The molecule has 1 aliphatic heterocycles. The van der Waals surface area contributed by atoms with Crippen molar-refractivity contribution >= 4 is 11.6 Å². The quantitative estimate of drug-likeness (QED) is 0.474. The van der Waals surface area contributed by atoms with E-state index in [1.807, 2.05) is 35.0 Å². The van der Waals surface area contributed by atoms with Crippen molar-refractivity contribution in [1.29, 1.82) is 0 Å². The lowest BCUT2D eigenvalue weighted by molar-refractivity contribution is 0.0993. The van der Waals surface area contributed by atoms with Crippen molar-refractivity contribution in [3.63, 3.8) is 0 Å². The number of Topliss-reactive ketones (excluding diaryl/α,β-unsaturated/α-hetero) is 1. The fourth-order valence-corrected chi connectivity index (χ4v) is 5.59. The number of nitrogens with one attached hydrogen (secondary N) is 1. The van der Waals surface area contributed by atoms with E-state index in [4.69, 9.17) is 0 Å². The molecule has 3 aromatic rings. The van der Waals surface area contributed by atoms with Crippen molar-refractivity contribution in [2.24, 2.45) is 5.92 Å². The third-order valence-corrected chi connectivity index (χ3v) is 7.30. The summed E-state index contributed by atoms with van der Waals surface area (Å²) in [5, 5.41) is 8.40.